The van der Waals surface area contributed by atoms with Crippen LogP contribution in [0.4, 0.5) is 26.3 Å². The molecule has 30 heavy (non-hydrogen) atoms. The molecule has 0 aliphatic rings. The Balaban J connectivity index is 2.07. The van der Waals surface area contributed by atoms with Crippen molar-refractivity contribution in [3.05, 3.63) is 65.9 Å². The summed E-state index contributed by atoms with van der Waals surface area (Å²) in [4.78, 5) is -0.243. The van der Waals surface area contributed by atoms with Crippen molar-refractivity contribution >= 4 is 10.0 Å². The van der Waals surface area contributed by atoms with Crippen molar-refractivity contribution < 1.29 is 34.8 Å². The van der Waals surface area contributed by atoms with Gasteiger partial charge in [-0.2, -0.15) is 31.4 Å². The van der Waals surface area contributed by atoms with Crippen LogP contribution in [0.15, 0.2) is 59.5 Å². The van der Waals surface area contributed by atoms with Gasteiger partial charge in [0.25, 0.3) is 0 Å². The maximum Gasteiger partial charge on any atom is 0.435 e. The van der Waals surface area contributed by atoms with E-state index < -0.39 is 34.5 Å². The zero-order chi connectivity index (χ0) is 22.3. The quantitative estimate of drug-likeness (QED) is 0.603. The average Bonchev–Trinajstić information content (AvgIpc) is 3.06. The van der Waals surface area contributed by atoms with Crippen LogP contribution in [-0.4, -0.2) is 24.4 Å². The second-order valence-electron chi connectivity index (χ2n) is 6.35. The van der Waals surface area contributed by atoms with Crippen LogP contribution in [0.3, 0.4) is 0 Å². The highest BCUT2D eigenvalue weighted by atomic mass is 32.2. The summed E-state index contributed by atoms with van der Waals surface area (Å²) >= 11 is 0. The smallest absolute Gasteiger partial charge is 0.233 e. The third-order valence-electron chi connectivity index (χ3n) is 4.06. The number of benzene rings is 2. The van der Waals surface area contributed by atoms with E-state index in [4.69, 9.17) is 5.14 Å². The number of hydrogen-bond acceptors (Lipinski definition) is 3. The minimum absolute atomic E-state index is 0.0377. The second-order valence-corrected chi connectivity index (χ2v) is 7.91. The van der Waals surface area contributed by atoms with Crippen LogP contribution in [0.5, 0.6) is 0 Å². The Morgan fingerprint density at radius 1 is 0.900 bits per heavy atom. The molecule has 1 heterocycles. The van der Waals surface area contributed by atoms with Crippen molar-refractivity contribution in [1.82, 2.24) is 9.78 Å². The van der Waals surface area contributed by atoms with Crippen LogP contribution < -0.4 is 5.14 Å². The lowest BCUT2D eigenvalue weighted by Gasteiger charge is -2.10. The van der Waals surface area contributed by atoms with Crippen molar-refractivity contribution in [2.75, 3.05) is 0 Å². The molecule has 0 saturated carbocycles. The van der Waals surface area contributed by atoms with Gasteiger partial charge in [0.15, 0.2) is 5.69 Å². The lowest BCUT2D eigenvalue weighted by Crippen LogP contribution is -2.12. The van der Waals surface area contributed by atoms with Gasteiger partial charge in [0.2, 0.25) is 10.0 Å². The summed E-state index contributed by atoms with van der Waals surface area (Å²) in [5.41, 5.74) is -1.01. The number of nitrogens with two attached hydrogens (primary N) is 1. The topological polar surface area (TPSA) is 78.0 Å². The van der Waals surface area contributed by atoms with E-state index in [-0.39, 0.29) is 27.4 Å². The minimum atomic E-state index is -4.77. The second kappa shape index (κ2) is 7.43. The number of halogens is 6. The van der Waals surface area contributed by atoms with Crippen LogP contribution in [-0.2, 0) is 22.6 Å². The van der Waals surface area contributed by atoms with E-state index in [0.717, 1.165) is 35.0 Å². The number of nitrogens with zero attached hydrogens (tertiary/aromatic N) is 2. The molecular weight excluding hydrogens is 436 g/mol. The molecule has 160 valence electrons. The van der Waals surface area contributed by atoms with E-state index in [1.54, 1.807) is 0 Å². The van der Waals surface area contributed by atoms with Crippen molar-refractivity contribution in [1.29, 1.82) is 0 Å². The van der Waals surface area contributed by atoms with Crippen LogP contribution in [0.25, 0.3) is 16.9 Å². The number of aromatic nitrogens is 2. The zero-order valence-corrected chi connectivity index (χ0v) is 15.7. The van der Waals surface area contributed by atoms with Crippen molar-refractivity contribution in [3.63, 3.8) is 0 Å². The number of alkyl halides is 6. The Hall–Kier alpha value is -2.86. The molecule has 0 unspecified atom stereocenters. The van der Waals surface area contributed by atoms with Crippen molar-refractivity contribution in [2.24, 2.45) is 5.14 Å². The van der Waals surface area contributed by atoms with Crippen LogP contribution in [0.2, 0.25) is 0 Å². The summed E-state index contributed by atoms with van der Waals surface area (Å²) in [6.45, 7) is 0. The predicted octanol–water partition coefficient (Wildman–Crippen LogP) is 4.31. The number of rotatable bonds is 4. The molecule has 0 spiro atoms. The Morgan fingerprint density at radius 3 is 1.93 bits per heavy atom. The first kappa shape index (κ1) is 21.8. The molecule has 0 radical (unpaired) electrons. The third kappa shape index (κ3) is 5.00. The molecule has 0 bridgehead atoms. The number of sulfonamides is 1. The van der Waals surface area contributed by atoms with E-state index in [0.29, 0.717) is 0 Å². The van der Waals surface area contributed by atoms with Gasteiger partial charge >= 0.3 is 12.4 Å². The third-order valence-corrected chi connectivity index (χ3v) is 4.99. The van der Waals surface area contributed by atoms with E-state index in [2.05, 4.69) is 5.10 Å². The molecule has 3 rings (SSSR count). The normalized spacial score (nSPS) is 12.9. The molecule has 5 nitrogen and oxygen atoms in total. The molecule has 0 saturated heterocycles. The molecule has 2 N–H and O–H groups in total. The first-order valence-corrected chi connectivity index (χ1v) is 9.75. The SMILES string of the molecule is NS(=O)(=O)c1ccc(-n2nc(C(F)(F)F)cc2-c2ccc(CC(F)(F)F)cc2)cc1. The Labute approximate surface area is 166 Å². The molecular formula is C18H13F6N3O2S. The van der Waals surface area contributed by atoms with Gasteiger partial charge in [-0.15, -0.1) is 0 Å². The van der Waals surface area contributed by atoms with Gasteiger partial charge in [0.1, 0.15) is 0 Å². The average molecular weight is 449 g/mol. The van der Waals surface area contributed by atoms with Gasteiger partial charge in [0.05, 0.1) is 22.7 Å². The van der Waals surface area contributed by atoms with E-state index in [9.17, 15) is 34.8 Å². The highest BCUT2D eigenvalue weighted by molar-refractivity contribution is 7.89. The van der Waals surface area contributed by atoms with Gasteiger partial charge in [0, 0.05) is 5.56 Å². The predicted molar refractivity (Wildman–Crippen MR) is 95.1 cm³/mol. The fraction of sp³-hybridized carbons (Fsp3) is 0.167. The van der Waals surface area contributed by atoms with Crippen molar-refractivity contribution in [2.45, 2.75) is 23.7 Å². The largest absolute Gasteiger partial charge is 0.435 e. The summed E-state index contributed by atoms with van der Waals surface area (Å²) in [5.74, 6) is 0. The Morgan fingerprint density at radius 2 is 1.47 bits per heavy atom. The van der Waals surface area contributed by atoms with Crippen LogP contribution >= 0.6 is 0 Å². The first-order valence-electron chi connectivity index (χ1n) is 8.21. The van der Waals surface area contributed by atoms with Crippen LogP contribution in [0.1, 0.15) is 11.3 Å². The molecule has 0 atom stereocenters. The Bertz CT molecular complexity index is 1150. The lowest BCUT2D eigenvalue weighted by atomic mass is 10.1. The fourth-order valence-electron chi connectivity index (χ4n) is 2.72. The molecule has 3 aromatic rings. The lowest BCUT2D eigenvalue weighted by molar-refractivity contribution is -0.141. The van der Waals surface area contributed by atoms with Gasteiger partial charge in [-0.05, 0) is 35.9 Å². The summed E-state index contributed by atoms with van der Waals surface area (Å²) in [6, 6.07) is 10.2. The van der Waals surface area contributed by atoms with Crippen molar-refractivity contribution in [3.8, 4) is 16.9 Å². The minimum Gasteiger partial charge on any atom is -0.233 e. The van der Waals surface area contributed by atoms with Gasteiger partial charge in [-0.3, -0.25) is 0 Å². The highest BCUT2D eigenvalue weighted by Crippen LogP contribution is 2.33. The maximum absolute atomic E-state index is 13.2. The first-order chi connectivity index (χ1) is 13.7. The summed E-state index contributed by atoms with van der Waals surface area (Å²) in [6.07, 6.45) is -10.4. The molecule has 12 heteroatoms. The van der Waals surface area contributed by atoms with Gasteiger partial charge < -0.3 is 0 Å². The highest BCUT2D eigenvalue weighted by Gasteiger charge is 2.35. The molecule has 0 amide bonds. The van der Waals surface area contributed by atoms with Gasteiger partial charge in [-0.1, -0.05) is 24.3 Å². The zero-order valence-electron chi connectivity index (χ0n) is 14.9. The van der Waals surface area contributed by atoms with E-state index >= 15 is 0 Å². The monoisotopic (exact) mass is 449 g/mol. The summed E-state index contributed by atoms with van der Waals surface area (Å²) < 4.78 is 101. The molecule has 0 fully saturated rings. The summed E-state index contributed by atoms with van der Waals surface area (Å²) in [5, 5.41) is 8.54. The van der Waals surface area contributed by atoms with Crippen LogP contribution in [0, 0.1) is 0 Å². The summed E-state index contributed by atoms with van der Waals surface area (Å²) in [7, 11) is -4.00. The molecule has 1 aromatic heterocycles. The molecule has 0 aliphatic carbocycles. The number of primary sulfonamides is 1. The van der Waals surface area contributed by atoms with E-state index in [1.807, 2.05) is 0 Å². The molecule has 0 aliphatic heterocycles. The molecule has 2 aromatic carbocycles. The maximum atomic E-state index is 13.2. The van der Waals surface area contributed by atoms with E-state index in [1.165, 1.54) is 24.3 Å². The standard InChI is InChI=1S/C18H13F6N3O2S/c19-17(20,21)10-11-1-3-12(4-2-11)15-9-16(18(22,23)24)26-27(15)13-5-7-14(8-6-13)30(25,28)29/h1-9H,10H2,(H2,25,28,29). The number of hydrogen-bond donors (Lipinski definition) is 1. The van der Waals surface area contributed by atoms with Gasteiger partial charge in [-0.25, -0.2) is 18.2 Å². The fourth-order valence-corrected chi connectivity index (χ4v) is 3.24. The Kier molecular flexibility index (Phi) is 5.41.